The highest BCUT2D eigenvalue weighted by molar-refractivity contribution is 5.99. The van der Waals surface area contributed by atoms with Gasteiger partial charge in [0.2, 0.25) is 0 Å². The number of Topliss-reactive ketones (excluding diaryl/α,β-unsaturated/α-hetero) is 1. The molecule has 100 valence electrons. The minimum absolute atomic E-state index is 0.0984. The lowest BCUT2D eigenvalue weighted by Gasteiger charge is -2.15. The van der Waals surface area contributed by atoms with Crippen LogP contribution < -0.4 is 0 Å². The van der Waals surface area contributed by atoms with Crippen LogP contribution in [0.15, 0.2) is 24.3 Å². The number of ketones is 1. The van der Waals surface area contributed by atoms with Gasteiger partial charge in [-0.15, -0.1) is 0 Å². The van der Waals surface area contributed by atoms with E-state index in [4.69, 9.17) is 4.74 Å². The van der Waals surface area contributed by atoms with Gasteiger partial charge in [0.05, 0.1) is 6.61 Å². The summed E-state index contributed by atoms with van der Waals surface area (Å²) in [5.41, 5.74) is 0.493. The minimum atomic E-state index is -0.477. The highest BCUT2D eigenvalue weighted by Gasteiger charge is 2.16. The molecule has 0 aromatic heterocycles. The van der Waals surface area contributed by atoms with Crippen molar-refractivity contribution >= 4 is 5.78 Å². The fraction of sp³-hybridized carbons (Fsp3) is 0.533. The number of carbonyl (C=O) groups is 1. The molecule has 0 spiro atoms. The molecule has 0 heterocycles. The predicted octanol–water partition coefficient (Wildman–Crippen LogP) is 3.85. The van der Waals surface area contributed by atoms with Crippen molar-refractivity contribution < 1.29 is 13.9 Å². The molecule has 0 aliphatic heterocycles. The van der Waals surface area contributed by atoms with Crippen molar-refractivity contribution in [2.24, 2.45) is 5.92 Å². The fourth-order valence-electron chi connectivity index (χ4n) is 1.81. The Hall–Kier alpha value is -1.22. The third-order valence-electron chi connectivity index (χ3n) is 2.91. The van der Waals surface area contributed by atoms with Gasteiger partial charge in [-0.1, -0.05) is 20.3 Å². The number of ether oxygens (including phenoxy) is 1. The normalized spacial score (nSPS) is 14.2. The van der Waals surface area contributed by atoms with E-state index in [1.165, 1.54) is 24.3 Å². The van der Waals surface area contributed by atoms with Crippen molar-refractivity contribution in [3.63, 3.8) is 0 Å². The Labute approximate surface area is 108 Å². The van der Waals surface area contributed by atoms with Crippen LogP contribution >= 0.6 is 0 Å². The van der Waals surface area contributed by atoms with Crippen LogP contribution in [0.3, 0.4) is 0 Å². The maximum atomic E-state index is 12.7. The van der Waals surface area contributed by atoms with Crippen molar-refractivity contribution in [3.8, 4) is 0 Å². The Morgan fingerprint density at radius 3 is 2.44 bits per heavy atom. The molecular formula is C15H21FO2. The lowest BCUT2D eigenvalue weighted by atomic mass is 10.1. The van der Waals surface area contributed by atoms with Crippen LogP contribution in [0.2, 0.25) is 0 Å². The van der Waals surface area contributed by atoms with Gasteiger partial charge in [0.1, 0.15) is 11.9 Å². The van der Waals surface area contributed by atoms with E-state index >= 15 is 0 Å². The molecule has 1 aromatic carbocycles. The molecule has 0 aliphatic carbocycles. The van der Waals surface area contributed by atoms with Gasteiger partial charge >= 0.3 is 0 Å². The zero-order valence-corrected chi connectivity index (χ0v) is 11.3. The van der Waals surface area contributed by atoms with E-state index in [9.17, 15) is 9.18 Å². The highest BCUT2D eigenvalue weighted by atomic mass is 19.1. The second kappa shape index (κ2) is 7.27. The van der Waals surface area contributed by atoms with Gasteiger partial charge in [-0.2, -0.15) is 0 Å². The second-order valence-electron chi connectivity index (χ2n) is 4.74. The first-order valence-corrected chi connectivity index (χ1v) is 6.46. The standard InChI is InChI=1S/C15H21FO2/c1-4-5-11(2)10-18-12(3)15(17)13-6-8-14(16)9-7-13/h6-9,11-12H,4-5,10H2,1-3H3. The summed E-state index contributed by atoms with van der Waals surface area (Å²) in [5.74, 6) is 0.0221. The van der Waals surface area contributed by atoms with Crippen molar-refractivity contribution in [1.82, 2.24) is 0 Å². The SMILES string of the molecule is CCCC(C)COC(C)C(=O)c1ccc(F)cc1. The molecule has 0 fully saturated rings. The molecule has 2 atom stereocenters. The van der Waals surface area contributed by atoms with Crippen molar-refractivity contribution in [3.05, 3.63) is 35.6 Å². The third-order valence-corrected chi connectivity index (χ3v) is 2.91. The van der Waals surface area contributed by atoms with Crippen LogP contribution in [-0.2, 0) is 4.74 Å². The minimum Gasteiger partial charge on any atom is -0.370 e. The van der Waals surface area contributed by atoms with Gasteiger partial charge in [-0.3, -0.25) is 4.79 Å². The number of halogens is 1. The maximum Gasteiger partial charge on any atom is 0.191 e. The van der Waals surface area contributed by atoms with Crippen LogP contribution in [0.25, 0.3) is 0 Å². The zero-order valence-electron chi connectivity index (χ0n) is 11.3. The number of hydrogen-bond acceptors (Lipinski definition) is 2. The predicted molar refractivity (Wildman–Crippen MR) is 70.2 cm³/mol. The number of hydrogen-bond donors (Lipinski definition) is 0. The molecule has 3 heteroatoms. The second-order valence-corrected chi connectivity index (χ2v) is 4.74. The van der Waals surface area contributed by atoms with E-state index in [2.05, 4.69) is 13.8 Å². The molecule has 0 saturated carbocycles. The Morgan fingerprint density at radius 2 is 1.89 bits per heavy atom. The molecule has 18 heavy (non-hydrogen) atoms. The molecule has 0 aliphatic rings. The van der Waals surface area contributed by atoms with E-state index < -0.39 is 6.10 Å². The smallest absolute Gasteiger partial charge is 0.191 e. The van der Waals surface area contributed by atoms with Crippen molar-refractivity contribution in [2.75, 3.05) is 6.61 Å². The van der Waals surface area contributed by atoms with Gasteiger partial charge in [-0.05, 0) is 43.5 Å². The van der Waals surface area contributed by atoms with Crippen LogP contribution in [0.4, 0.5) is 4.39 Å². The number of rotatable bonds is 7. The van der Waals surface area contributed by atoms with Gasteiger partial charge in [0, 0.05) is 5.56 Å². The summed E-state index contributed by atoms with van der Waals surface area (Å²) in [6, 6.07) is 5.57. The molecule has 0 radical (unpaired) electrons. The van der Waals surface area contributed by atoms with Gasteiger partial charge in [-0.25, -0.2) is 4.39 Å². The Bertz CT molecular complexity index is 373. The largest absolute Gasteiger partial charge is 0.370 e. The molecule has 1 aromatic rings. The summed E-state index contributed by atoms with van der Waals surface area (Å²) in [4.78, 5) is 12.0. The summed E-state index contributed by atoms with van der Waals surface area (Å²) < 4.78 is 18.3. The molecular weight excluding hydrogens is 231 g/mol. The number of carbonyl (C=O) groups excluding carboxylic acids is 1. The quantitative estimate of drug-likeness (QED) is 0.689. The lowest BCUT2D eigenvalue weighted by Crippen LogP contribution is -2.23. The lowest BCUT2D eigenvalue weighted by molar-refractivity contribution is 0.0354. The summed E-state index contributed by atoms with van der Waals surface area (Å²) in [5, 5.41) is 0. The van der Waals surface area contributed by atoms with Crippen LogP contribution in [0.5, 0.6) is 0 Å². The summed E-state index contributed by atoms with van der Waals surface area (Å²) in [6.45, 7) is 6.56. The van der Waals surface area contributed by atoms with E-state index in [0.717, 1.165) is 12.8 Å². The highest BCUT2D eigenvalue weighted by Crippen LogP contribution is 2.11. The topological polar surface area (TPSA) is 26.3 Å². The molecule has 0 amide bonds. The van der Waals surface area contributed by atoms with Crippen LogP contribution in [-0.4, -0.2) is 18.5 Å². The molecule has 2 nitrogen and oxygen atoms in total. The van der Waals surface area contributed by atoms with Crippen molar-refractivity contribution in [1.29, 1.82) is 0 Å². The van der Waals surface area contributed by atoms with E-state index in [-0.39, 0.29) is 11.6 Å². The summed E-state index contributed by atoms with van der Waals surface area (Å²) in [6.07, 6.45) is 1.73. The Kier molecular flexibility index (Phi) is 5.99. The average molecular weight is 252 g/mol. The Morgan fingerprint density at radius 1 is 1.28 bits per heavy atom. The monoisotopic (exact) mass is 252 g/mol. The zero-order chi connectivity index (χ0) is 13.5. The fourth-order valence-corrected chi connectivity index (χ4v) is 1.81. The molecule has 0 N–H and O–H groups in total. The van der Waals surface area contributed by atoms with E-state index in [1.807, 2.05) is 0 Å². The first kappa shape index (κ1) is 14.8. The average Bonchev–Trinajstić information content (AvgIpc) is 2.36. The molecule has 0 saturated heterocycles. The Balaban J connectivity index is 2.48. The van der Waals surface area contributed by atoms with Crippen LogP contribution in [0, 0.1) is 11.7 Å². The van der Waals surface area contributed by atoms with Gasteiger partial charge in [0.25, 0.3) is 0 Å². The van der Waals surface area contributed by atoms with Crippen LogP contribution in [0.1, 0.15) is 44.0 Å². The molecule has 2 unspecified atom stereocenters. The van der Waals surface area contributed by atoms with Crippen molar-refractivity contribution in [2.45, 2.75) is 39.7 Å². The van der Waals surface area contributed by atoms with Gasteiger partial charge < -0.3 is 4.74 Å². The third kappa shape index (κ3) is 4.57. The molecule has 0 bridgehead atoms. The first-order valence-electron chi connectivity index (χ1n) is 6.46. The van der Waals surface area contributed by atoms with E-state index in [0.29, 0.717) is 18.1 Å². The summed E-state index contributed by atoms with van der Waals surface area (Å²) in [7, 11) is 0. The van der Waals surface area contributed by atoms with E-state index in [1.54, 1.807) is 6.92 Å². The maximum absolute atomic E-state index is 12.7. The summed E-state index contributed by atoms with van der Waals surface area (Å²) >= 11 is 0. The van der Waals surface area contributed by atoms with Gasteiger partial charge in [0.15, 0.2) is 5.78 Å². The number of benzene rings is 1. The first-order chi connectivity index (χ1) is 8.54. The molecule has 1 rings (SSSR count).